The van der Waals surface area contributed by atoms with Crippen molar-refractivity contribution in [1.29, 1.82) is 0 Å². The third-order valence-electron chi connectivity index (χ3n) is 5.97. The van der Waals surface area contributed by atoms with Crippen molar-refractivity contribution >= 4 is 15.9 Å². The van der Waals surface area contributed by atoms with Crippen LogP contribution in [-0.4, -0.2) is 38.4 Å². The first-order valence-electron chi connectivity index (χ1n) is 10.9. The van der Waals surface area contributed by atoms with Gasteiger partial charge in [-0.05, 0) is 43.0 Å². The number of likely N-dealkylation sites (tertiary alicyclic amines) is 1. The van der Waals surface area contributed by atoms with Gasteiger partial charge in [0.15, 0.2) is 0 Å². The summed E-state index contributed by atoms with van der Waals surface area (Å²) in [6.45, 7) is 2.97. The van der Waals surface area contributed by atoms with E-state index >= 15 is 0 Å². The van der Waals surface area contributed by atoms with Crippen molar-refractivity contribution in [3.8, 4) is 0 Å². The maximum Gasteiger partial charge on any atom is 0.240 e. The van der Waals surface area contributed by atoms with Gasteiger partial charge in [-0.25, -0.2) is 13.1 Å². The maximum absolute atomic E-state index is 13.5. The Morgan fingerprint density at radius 3 is 1.84 bits per heavy atom. The summed E-state index contributed by atoms with van der Waals surface area (Å²) in [7, 11) is -3.57. The summed E-state index contributed by atoms with van der Waals surface area (Å²) in [4.78, 5) is 15.7. The van der Waals surface area contributed by atoms with E-state index in [-0.39, 0.29) is 22.8 Å². The first-order valence-corrected chi connectivity index (χ1v) is 12.4. The van der Waals surface area contributed by atoms with Gasteiger partial charge in [0, 0.05) is 19.1 Å². The van der Waals surface area contributed by atoms with Crippen LogP contribution in [0.3, 0.4) is 0 Å². The third-order valence-corrected chi connectivity index (χ3v) is 7.51. The zero-order chi connectivity index (χ0) is 22.6. The molecule has 0 aromatic heterocycles. The van der Waals surface area contributed by atoms with Crippen LogP contribution in [0.25, 0.3) is 0 Å². The monoisotopic (exact) mass is 448 g/mol. The Bertz CT molecular complexity index is 1100. The van der Waals surface area contributed by atoms with Crippen molar-refractivity contribution in [1.82, 2.24) is 9.62 Å². The zero-order valence-corrected chi connectivity index (χ0v) is 19.0. The molecule has 1 amide bonds. The van der Waals surface area contributed by atoms with Gasteiger partial charge in [0.2, 0.25) is 15.9 Å². The molecular formula is C26H28N2O3S. The van der Waals surface area contributed by atoms with E-state index < -0.39 is 10.0 Å². The van der Waals surface area contributed by atoms with Crippen molar-refractivity contribution in [3.05, 3.63) is 102 Å². The highest BCUT2D eigenvalue weighted by Crippen LogP contribution is 2.28. The SMILES string of the molecule is Cc1ccc(S(=O)(=O)NC2CCN(C(=O)C(c3ccccc3)c3ccccc3)CC2)cc1. The molecule has 0 unspecified atom stereocenters. The fourth-order valence-electron chi connectivity index (χ4n) is 4.17. The number of carbonyl (C=O) groups excluding carboxylic acids is 1. The van der Waals surface area contributed by atoms with Crippen molar-refractivity contribution in [2.45, 2.75) is 36.6 Å². The molecule has 1 aliphatic rings. The van der Waals surface area contributed by atoms with Crippen molar-refractivity contribution < 1.29 is 13.2 Å². The van der Waals surface area contributed by atoms with E-state index in [1.165, 1.54) is 0 Å². The number of sulfonamides is 1. The highest BCUT2D eigenvalue weighted by molar-refractivity contribution is 7.89. The zero-order valence-electron chi connectivity index (χ0n) is 18.1. The second-order valence-electron chi connectivity index (χ2n) is 8.29. The van der Waals surface area contributed by atoms with Crippen LogP contribution < -0.4 is 4.72 Å². The normalized spacial score (nSPS) is 15.1. The molecule has 6 heteroatoms. The number of rotatable bonds is 6. The van der Waals surface area contributed by atoms with Gasteiger partial charge in [-0.1, -0.05) is 78.4 Å². The molecule has 4 rings (SSSR count). The van der Waals surface area contributed by atoms with E-state index in [0.717, 1.165) is 16.7 Å². The van der Waals surface area contributed by atoms with Gasteiger partial charge in [-0.2, -0.15) is 0 Å². The molecule has 1 aliphatic heterocycles. The summed E-state index contributed by atoms with van der Waals surface area (Å²) < 4.78 is 28.2. The average molecular weight is 449 g/mol. The summed E-state index contributed by atoms with van der Waals surface area (Å²) in [5, 5.41) is 0. The average Bonchev–Trinajstić information content (AvgIpc) is 2.81. The molecule has 0 spiro atoms. The second-order valence-corrected chi connectivity index (χ2v) is 10.0. The molecule has 0 aliphatic carbocycles. The highest BCUT2D eigenvalue weighted by Gasteiger charge is 2.31. The summed E-state index contributed by atoms with van der Waals surface area (Å²) in [6.07, 6.45) is 1.18. The number of nitrogens with zero attached hydrogens (tertiary/aromatic N) is 1. The summed E-state index contributed by atoms with van der Waals surface area (Å²) in [5.74, 6) is -0.305. The Balaban J connectivity index is 1.44. The Morgan fingerprint density at radius 1 is 0.844 bits per heavy atom. The van der Waals surface area contributed by atoms with Crippen molar-refractivity contribution in [2.24, 2.45) is 0 Å². The molecule has 1 fully saturated rings. The largest absolute Gasteiger partial charge is 0.342 e. The predicted octanol–water partition coefficient (Wildman–Crippen LogP) is 4.10. The molecule has 0 atom stereocenters. The van der Waals surface area contributed by atoms with Crippen LogP contribution >= 0.6 is 0 Å². The quantitative estimate of drug-likeness (QED) is 0.618. The molecule has 1 N–H and O–H groups in total. The standard InChI is InChI=1S/C26H28N2O3S/c1-20-12-14-24(15-13-20)32(30,31)27-23-16-18-28(19-17-23)26(29)25(21-8-4-2-5-9-21)22-10-6-3-7-11-22/h2-15,23,25,27H,16-19H2,1H3. The summed E-state index contributed by atoms with van der Waals surface area (Å²) in [6, 6.07) is 26.3. The number of hydrogen-bond donors (Lipinski definition) is 1. The molecule has 5 nitrogen and oxygen atoms in total. The van der Waals surface area contributed by atoms with Crippen LogP contribution in [0, 0.1) is 6.92 Å². The van der Waals surface area contributed by atoms with Crippen LogP contribution in [0.4, 0.5) is 0 Å². The van der Waals surface area contributed by atoms with Crippen LogP contribution in [-0.2, 0) is 14.8 Å². The van der Waals surface area contributed by atoms with Crippen molar-refractivity contribution in [3.63, 3.8) is 0 Å². The minimum absolute atomic E-state index is 0.0576. The molecule has 1 saturated heterocycles. The number of carbonyl (C=O) groups is 1. The highest BCUT2D eigenvalue weighted by atomic mass is 32.2. The Kier molecular flexibility index (Phi) is 6.72. The lowest BCUT2D eigenvalue weighted by atomic mass is 9.89. The van der Waals surface area contributed by atoms with Gasteiger partial charge < -0.3 is 4.90 Å². The third kappa shape index (κ3) is 5.09. The lowest BCUT2D eigenvalue weighted by molar-refractivity contribution is -0.132. The first-order chi connectivity index (χ1) is 15.4. The predicted molar refractivity (Wildman–Crippen MR) is 126 cm³/mol. The number of amides is 1. The van der Waals surface area contributed by atoms with Crippen LogP contribution in [0.5, 0.6) is 0 Å². The van der Waals surface area contributed by atoms with E-state index in [2.05, 4.69) is 4.72 Å². The fraction of sp³-hybridized carbons (Fsp3) is 0.269. The minimum Gasteiger partial charge on any atom is -0.342 e. The Hall–Kier alpha value is -2.96. The molecule has 3 aromatic rings. The smallest absolute Gasteiger partial charge is 0.240 e. The molecule has 3 aromatic carbocycles. The van der Waals surface area contributed by atoms with E-state index in [1.54, 1.807) is 24.3 Å². The van der Waals surface area contributed by atoms with Crippen LogP contribution in [0.2, 0.25) is 0 Å². The van der Waals surface area contributed by atoms with E-state index in [9.17, 15) is 13.2 Å². The van der Waals surface area contributed by atoms with Gasteiger partial charge >= 0.3 is 0 Å². The van der Waals surface area contributed by atoms with Crippen LogP contribution in [0.15, 0.2) is 89.8 Å². The van der Waals surface area contributed by atoms with Gasteiger partial charge in [0.05, 0.1) is 10.8 Å². The second kappa shape index (κ2) is 9.67. The van der Waals surface area contributed by atoms with E-state index in [1.807, 2.05) is 72.5 Å². The van der Waals surface area contributed by atoms with Gasteiger partial charge in [0.25, 0.3) is 0 Å². The van der Waals surface area contributed by atoms with Gasteiger partial charge in [-0.3, -0.25) is 4.79 Å². The number of aryl methyl sites for hydroxylation is 1. The van der Waals surface area contributed by atoms with Gasteiger partial charge in [0.1, 0.15) is 0 Å². The Morgan fingerprint density at radius 2 is 1.34 bits per heavy atom. The summed E-state index contributed by atoms with van der Waals surface area (Å²) in [5.41, 5.74) is 2.94. The lowest BCUT2D eigenvalue weighted by Gasteiger charge is -2.34. The summed E-state index contributed by atoms with van der Waals surface area (Å²) >= 11 is 0. The first kappa shape index (κ1) is 22.2. The number of hydrogen-bond acceptors (Lipinski definition) is 3. The Labute approximate surface area is 190 Å². The fourth-order valence-corrected chi connectivity index (χ4v) is 5.48. The molecule has 0 bridgehead atoms. The number of piperidine rings is 1. The van der Waals surface area contributed by atoms with Gasteiger partial charge in [-0.15, -0.1) is 0 Å². The van der Waals surface area contributed by atoms with E-state index in [0.29, 0.717) is 25.9 Å². The lowest BCUT2D eigenvalue weighted by Crippen LogP contribution is -2.47. The number of nitrogens with one attached hydrogen (secondary N) is 1. The van der Waals surface area contributed by atoms with E-state index in [4.69, 9.17) is 0 Å². The maximum atomic E-state index is 13.5. The van der Waals surface area contributed by atoms with Crippen LogP contribution in [0.1, 0.15) is 35.4 Å². The van der Waals surface area contributed by atoms with Crippen molar-refractivity contribution in [2.75, 3.05) is 13.1 Å². The minimum atomic E-state index is -3.57. The topological polar surface area (TPSA) is 66.5 Å². The number of benzene rings is 3. The molecular weight excluding hydrogens is 420 g/mol. The molecule has 0 radical (unpaired) electrons. The molecule has 32 heavy (non-hydrogen) atoms. The molecule has 0 saturated carbocycles. The molecule has 166 valence electrons. The molecule has 1 heterocycles.